The molecule has 1 saturated heterocycles. The number of nitrogens with one attached hydrogen (secondary N) is 2. The minimum atomic E-state index is -3.70. The molecule has 0 atom stereocenters. The zero-order valence-corrected chi connectivity index (χ0v) is 18.7. The Labute approximate surface area is 187 Å². The summed E-state index contributed by atoms with van der Waals surface area (Å²) in [6.07, 6.45) is 1.60. The summed E-state index contributed by atoms with van der Waals surface area (Å²) in [5.41, 5.74) is 0.853. The van der Waals surface area contributed by atoms with Crippen LogP contribution in [0, 0.1) is 0 Å². The third-order valence-electron chi connectivity index (χ3n) is 5.82. The van der Waals surface area contributed by atoms with E-state index in [-0.39, 0.29) is 10.8 Å². The quantitative estimate of drug-likeness (QED) is 0.628. The minimum Gasteiger partial charge on any atom is -0.379 e. The van der Waals surface area contributed by atoms with E-state index >= 15 is 0 Å². The topological polar surface area (TPSA) is 87.7 Å². The van der Waals surface area contributed by atoms with Gasteiger partial charge in [0.25, 0.3) is 10.0 Å². The molecule has 2 N–H and O–H groups in total. The molecular formula is C22H26ClN3O4S. The van der Waals surface area contributed by atoms with E-state index in [2.05, 4.69) is 14.9 Å². The van der Waals surface area contributed by atoms with Crippen LogP contribution >= 0.6 is 11.6 Å². The van der Waals surface area contributed by atoms with Crippen LogP contribution < -0.4 is 10.0 Å². The van der Waals surface area contributed by atoms with Crippen LogP contribution in [0.2, 0.25) is 5.02 Å². The average molecular weight is 464 g/mol. The average Bonchev–Trinajstić information content (AvgIpc) is 3.57. The molecule has 1 heterocycles. The van der Waals surface area contributed by atoms with Crippen molar-refractivity contribution in [1.82, 2.24) is 10.2 Å². The maximum absolute atomic E-state index is 12.8. The van der Waals surface area contributed by atoms with Crippen LogP contribution in [-0.4, -0.2) is 58.6 Å². The molecule has 1 saturated carbocycles. The number of hydrogen-bond donors (Lipinski definition) is 2. The number of morpholine rings is 1. The fraction of sp³-hybridized carbons (Fsp3) is 0.409. The number of benzene rings is 2. The molecule has 0 radical (unpaired) electrons. The number of halogens is 1. The van der Waals surface area contributed by atoms with Crippen molar-refractivity contribution in [2.45, 2.75) is 23.2 Å². The molecule has 1 amide bonds. The molecule has 2 aromatic carbocycles. The largest absolute Gasteiger partial charge is 0.379 e. The van der Waals surface area contributed by atoms with Crippen LogP contribution in [0.1, 0.15) is 18.4 Å². The lowest BCUT2D eigenvalue weighted by molar-refractivity contribution is -0.123. The van der Waals surface area contributed by atoms with E-state index in [0.717, 1.165) is 51.3 Å². The molecule has 2 aliphatic rings. The van der Waals surface area contributed by atoms with Crippen molar-refractivity contribution in [3.63, 3.8) is 0 Å². The Morgan fingerprint density at radius 3 is 2.29 bits per heavy atom. The van der Waals surface area contributed by atoms with Gasteiger partial charge in [-0.2, -0.15) is 0 Å². The number of rotatable bonds is 8. The Balaban J connectivity index is 1.35. The van der Waals surface area contributed by atoms with Crippen LogP contribution in [-0.2, 0) is 25.0 Å². The van der Waals surface area contributed by atoms with E-state index in [0.29, 0.717) is 17.3 Å². The Morgan fingerprint density at radius 2 is 1.68 bits per heavy atom. The smallest absolute Gasteiger partial charge is 0.261 e. The molecule has 1 aliphatic heterocycles. The third-order valence-corrected chi connectivity index (χ3v) is 7.46. The summed E-state index contributed by atoms with van der Waals surface area (Å²) >= 11 is 5.83. The second-order valence-electron chi connectivity index (χ2n) is 7.93. The van der Waals surface area contributed by atoms with Gasteiger partial charge >= 0.3 is 0 Å². The maximum Gasteiger partial charge on any atom is 0.261 e. The summed E-state index contributed by atoms with van der Waals surface area (Å²) in [5, 5.41) is 3.54. The maximum atomic E-state index is 12.8. The van der Waals surface area contributed by atoms with Gasteiger partial charge in [0.1, 0.15) is 0 Å². The van der Waals surface area contributed by atoms with Crippen molar-refractivity contribution in [3.05, 3.63) is 59.1 Å². The van der Waals surface area contributed by atoms with Crippen LogP contribution in [0.5, 0.6) is 0 Å². The lowest BCUT2D eigenvalue weighted by atomic mass is 9.95. The number of hydrogen-bond acceptors (Lipinski definition) is 5. The summed E-state index contributed by atoms with van der Waals surface area (Å²) in [7, 11) is -3.70. The Hall–Kier alpha value is -2.13. The van der Waals surface area contributed by atoms with E-state index in [1.165, 1.54) is 24.3 Å². The number of anilines is 1. The molecule has 0 bridgehead atoms. The van der Waals surface area contributed by atoms with Crippen LogP contribution in [0.25, 0.3) is 0 Å². The van der Waals surface area contributed by atoms with Gasteiger partial charge < -0.3 is 10.1 Å². The zero-order valence-electron chi connectivity index (χ0n) is 17.1. The molecule has 166 valence electrons. The summed E-state index contributed by atoms with van der Waals surface area (Å²) in [4.78, 5) is 15.2. The van der Waals surface area contributed by atoms with Gasteiger partial charge in [-0.1, -0.05) is 23.7 Å². The molecule has 1 aliphatic carbocycles. The zero-order chi connectivity index (χ0) is 21.9. The molecular weight excluding hydrogens is 438 g/mol. The Morgan fingerprint density at radius 1 is 1.03 bits per heavy atom. The normalized spacial score (nSPS) is 18.4. The highest BCUT2D eigenvalue weighted by Gasteiger charge is 2.51. The van der Waals surface area contributed by atoms with Crippen molar-refractivity contribution in [3.8, 4) is 0 Å². The molecule has 2 fully saturated rings. The summed E-state index contributed by atoms with van der Waals surface area (Å²) < 4.78 is 33.0. The van der Waals surface area contributed by atoms with Gasteiger partial charge in [0.2, 0.25) is 5.91 Å². The molecule has 0 spiro atoms. The van der Waals surface area contributed by atoms with Crippen LogP contribution in [0.3, 0.4) is 0 Å². The SMILES string of the molecule is O=C(NCCN1CCOCC1)C1(c2ccc(NS(=O)(=O)c3ccc(Cl)cc3)cc2)CC1. The first kappa shape index (κ1) is 22.1. The highest BCUT2D eigenvalue weighted by atomic mass is 35.5. The van der Waals surface area contributed by atoms with Gasteiger partial charge in [0.05, 0.1) is 23.5 Å². The number of nitrogens with zero attached hydrogens (tertiary/aromatic N) is 1. The van der Waals surface area contributed by atoms with E-state index in [9.17, 15) is 13.2 Å². The second kappa shape index (κ2) is 9.16. The van der Waals surface area contributed by atoms with Gasteiger partial charge in [0, 0.05) is 36.9 Å². The minimum absolute atomic E-state index is 0.0373. The van der Waals surface area contributed by atoms with Crippen LogP contribution in [0.15, 0.2) is 53.4 Å². The van der Waals surface area contributed by atoms with Gasteiger partial charge in [0.15, 0.2) is 0 Å². The van der Waals surface area contributed by atoms with Crippen molar-refractivity contribution in [2.75, 3.05) is 44.1 Å². The van der Waals surface area contributed by atoms with Gasteiger partial charge in [-0.25, -0.2) is 8.42 Å². The lowest BCUT2D eigenvalue weighted by Crippen LogP contribution is -2.43. The van der Waals surface area contributed by atoms with Crippen molar-refractivity contribution >= 4 is 33.2 Å². The number of carbonyl (C=O) groups is 1. The monoisotopic (exact) mass is 463 g/mol. The van der Waals surface area contributed by atoms with Gasteiger partial charge in [-0.3, -0.25) is 14.4 Å². The van der Waals surface area contributed by atoms with E-state index in [4.69, 9.17) is 16.3 Å². The fourth-order valence-corrected chi connectivity index (χ4v) is 4.96. The highest BCUT2D eigenvalue weighted by molar-refractivity contribution is 7.92. The van der Waals surface area contributed by atoms with E-state index < -0.39 is 15.4 Å². The molecule has 31 heavy (non-hydrogen) atoms. The number of amides is 1. The Kier molecular flexibility index (Phi) is 6.52. The van der Waals surface area contributed by atoms with Gasteiger partial charge in [-0.15, -0.1) is 0 Å². The van der Waals surface area contributed by atoms with Crippen LogP contribution in [0.4, 0.5) is 5.69 Å². The van der Waals surface area contributed by atoms with Gasteiger partial charge in [-0.05, 0) is 54.8 Å². The van der Waals surface area contributed by atoms with E-state index in [1.807, 2.05) is 12.1 Å². The standard InChI is InChI=1S/C22H26ClN3O4S/c23-18-3-7-20(8-4-18)31(28,29)25-19-5-1-17(2-6-19)22(9-10-22)21(27)24-11-12-26-13-15-30-16-14-26/h1-8,25H,9-16H2,(H,24,27). The first-order valence-corrected chi connectivity index (χ1v) is 12.2. The predicted molar refractivity (Wildman–Crippen MR) is 120 cm³/mol. The molecule has 4 rings (SSSR count). The predicted octanol–water partition coefficient (Wildman–Crippen LogP) is 2.62. The highest BCUT2D eigenvalue weighted by Crippen LogP contribution is 2.48. The molecule has 9 heteroatoms. The number of sulfonamides is 1. The number of ether oxygens (including phenoxy) is 1. The first-order valence-electron chi connectivity index (χ1n) is 10.4. The first-order chi connectivity index (χ1) is 14.9. The molecule has 7 nitrogen and oxygen atoms in total. The summed E-state index contributed by atoms with van der Waals surface area (Å²) in [5.74, 6) is 0.0373. The van der Waals surface area contributed by atoms with Crippen molar-refractivity contribution < 1.29 is 17.9 Å². The molecule has 0 aromatic heterocycles. The Bertz CT molecular complexity index is 1020. The third kappa shape index (κ3) is 5.20. The van der Waals surface area contributed by atoms with Crippen molar-refractivity contribution in [1.29, 1.82) is 0 Å². The second-order valence-corrected chi connectivity index (χ2v) is 10.0. The summed E-state index contributed by atoms with van der Waals surface area (Å²) in [6.45, 7) is 4.71. The lowest BCUT2D eigenvalue weighted by Gasteiger charge is -2.27. The molecule has 0 unspecified atom stereocenters. The summed E-state index contributed by atoms with van der Waals surface area (Å²) in [6, 6.07) is 13.0. The number of carbonyl (C=O) groups excluding carboxylic acids is 1. The molecule has 2 aromatic rings. The van der Waals surface area contributed by atoms with Crippen molar-refractivity contribution in [2.24, 2.45) is 0 Å². The fourth-order valence-electron chi connectivity index (χ4n) is 3.78. The van der Waals surface area contributed by atoms with E-state index in [1.54, 1.807) is 12.1 Å².